The van der Waals surface area contributed by atoms with E-state index in [1.54, 1.807) is 18.3 Å². The van der Waals surface area contributed by atoms with E-state index in [1.807, 2.05) is 13.0 Å². The van der Waals surface area contributed by atoms with Crippen molar-refractivity contribution in [1.82, 2.24) is 9.97 Å². The second kappa shape index (κ2) is 4.45. The topological polar surface area (TPSA) is 74.7 Å². The van der Waals surface area contributed by atoms with Gasteiger partial charge in [0.15, 0.2) is 0 Å². The van der Waals surface area contributed by atoms with Crippen molar-refractivity contribution in [3.8, 4) is 6.07 Å². The van der Waals surface area contributed by atoms with Crippen molar-refractivity contribution in [2.45, 2.75) is 13.5 Å². The molecule has 2 aromatic rings. The van der Waals surface area contributed by atoms with Gasteiger partial charge in [-0.25, -0.2) is 9.97 Å². The highest BCUT2D eigenvalue weighted by atomic mass is 16.4. The molecule has 0 aliphatic carbocycles. The van der Waals surface area contributed by atoms with E-state index in [9.17, 15) is 0 Å². The summed E-state index contributed by atoms with van der Waals surface area (Å²) < 4.78 is 5.30. The van der Waals surface area contributed by atoms with Crippen molar-refractivity contribution in [1.29, 1.82) is 5.26 Å². The summed E-state index contributed by atoms with van der Waals surface area (Å²) in [5, 5.41) is 11.7. The zero-order valence-corrected chi connectivity index (χ0v) is 8.77. The van der Waals surface area contributed by atoms with Crippen LogP contribution in [0, 0.1) is 18.3 Å². The molecule has 80 valence electrons. The van der Waals surface area contributed by atoms with Gasteiger partial charge in [-0.1, -0.05) is 0 Å². The second-order valence-electron chi connectivity index (χ2n) is 3.26. The fourth-order valence-corrected chi connectivity index (χ4v) is 1.21. The van der Waals surface area contributed by atoms with Gasteiger partial charge in [-0.2, -0.15) is 5.26 Å². The van der Waals surface area contributed by atoms with Crippen LogP contribution in [0.25, 0.3) is 0 Å². The van der Waals surface area contributed by atoms with Gasteiger partial charge in [0, 0.05) is 6.20 Å². The quantitative estimate of drug-likeness (QED) is 0.844. The van der Waals surface area contributed by atoms with E-state index < -0.39 is 0 Å². The third-order valence-corrected chi connectivity index (χ3v) is 1.98. The predicted molar refractivity (Wildman–Crippen MR) is 57.5 cm³/mol. The number of hydrogen-bond acceptors (Lipinski definition) is 5. The maximum absolute atomic E-state index is 8.60. The minimum atomic E-state index is 0.479. The molecular formula is C11H10N4O. The summed E-state index contributed by atoms with van der Waals surface area (Å²) in [6.07, 6.45) is 3.19. The average Bonchev–Trinajstić information content (AvgIpc) is 2.73. The first-order valence-corrected chi connectivity index (χ1v) is 4.79. The number of nitrogens with one attached hydrogen (secondary N) is 1. The second-order valence-corrected chi connectivity index (χ2v) is 3.26. The number of hydrogen-bond donors (Lipinski definition) is 1. The molecule has 5 nitrogen and oxygen atoms in total. The molecule has 2 heterocycles. The van der Waals surface area contributed by atoms with Crippen LogP contribution in [-0.4, -0.2) is 9.97 Å². The lowest BCUT2D eigenvalue weighted by Gasteiger charge is -2.01. The van der Waals surface area contributed by atoms with Crippen LogP contribution in [0.15, 0.2) is 28.9 Å². The molecular weight excluding hydrogens is 204 g/mol. The van der Waals surface area contributed by atoms with Crippen LogP contribution in [0.5, 0.6) is 0 Å². The Labute approximate surface area is 92.8 Å². The molecule has 2 rings (SSSR count). The summed E-state index contributed by atoms with van der Waals surface area (Å²) in [6.45, 7) is 2.32. The van der Waals surface area contributed by atoms with E-state index in [2.05, 4.69) is 15.3 Å². The number of rotatable bonds is 3. The molecule has 0 amide bonds. The molecule has 1 N–H and O–H groups in total. The average molecular weight is 214 g/mol. The van der Waals surface area contributed by atoms with Gasteiger partial charge in [0.2, 0.25) is 5.89 Å². The first kappa shape index (κ1) is 10.2. The molecule has 0 aliphatic rings. The number of aryl methyl sites for hydroxylation is 1. The lowest BCUT2D eigenvalue weighted by atomic mass is 10.3. The number of nitriles is 1. The molecule has 0 bridgehead atoms. The Bertz CT molecular complexity index is 510. The van der Waals surface area contributed by atoms with E-state index >= 15 is 0 Å². The van der Waals surface area contributed by atoms with Crippen LogP contribution in [0.1, 0.15) is 17.2 Å². The zero-order valence-electron chi connectivity index (χ0n) is 8.77. The van der Waals surface area contributed by atoms with Gasteiger partial charge in [-0.3, -0.25) is 0 Å². The van der Waals surface area contributed by atoms with Gasteiger partial charge < -0.3 is 9.73 Å². The first-order chi connectivity index (χ1) is 7.78. The lowest BCUT2D eigenvalue weighted by molar-refractivity contribution is 0.479. The van der Waals surface area contributed by atoms with E-state index in [4.69, 9.17) is 9.68 Å². The van der Waals surface area contributed by atoms with Crippen molar-refractivity contribution in [2.75, 3.05) is 5.32 Å². The molecule has 5 heteroatoms. The molecule has 0 radical (unpaired) electrons. The monoisotopic (exact) mass is 214 g/mol. The molecule has 0 unspecified atom stereocenters. The van der Waals surface area contributed by atoms with Gasteiger partial charge in [-0.05, 0) is 19.1 Å². The van der Waals surface area contributed by atoms with Gasteiger partial charge >= 0.3 is 0 Å². The van der Waals surface area contributed by atoms with Crippen LogP contribution in [-0.2, 0) is 6.54 Å². The molecule has 0 spiro atoms. The van der Waals surface area contributed by atoms with Crippen molar-refractivity contribution < 1.29 is 4.42 Å². The Balaban J connectivity index is 1.97. The SMILES string of the molecule is Cc1cnc(CNc2ccc(C#N)cn2)o1. The van der Waals surface area contributed by atoms with Crippen LogP contribution in [0.4, 0.5) is 5.82 Å². The molecule has 0 saturated carbocycles. The molecule has 0 saturated heterocycles. The highest BCUT2D eigenvalue weighted by Gasteiger charge is 2.00. The Morgan fingerprint density at radius 1 is 1.38 bits per heavy atom. The summed E-state index contributed by atoms with van der Waals surface area (Å²) in [6, 6.07) is 5.46. The van der Waals surface area contributed by atoms with Gasteiger partial charge in [0.05, 0.1) is 18.3 Å². The fourth-order valence-electron chi connectivity index (χ4n) is 1.21. The maximum Gasteiger partial charge on any atom is 0.213 e. The van der Waals surface area contributed by atoms with Gasteiger partial charge in [0.25, 0.3) is 0 Å². The number of nitrogens with zero attached hydrogens (tertiary/aromatic N) is 3. The summed E-state index contributed by atoms with van der Waals surface area (Å²) >= 11 is 0. The highest BCUT2D eigenvalue weighted by molar-refractivity contribution is 5.38. The third kappa shape index (κ3) is 2.36. The summed E-state index contributed by atoms with van der Waals surface area (Å²) in [5.74, 6) is 2.09. The third-order valence-electron chi connectivity index (χ3n) is 1.98. The van der Waals surface area contributed by atoms with Crippen molar-refractivity contribution in [3.05, 3.63) is 41.7 Å². The molecule has 0 fully saturated rings. The Kier molecular flexibility index (Phi) is 2.83. The summed E-state index contributed by atoms with van der Waals surface area (Å²) in [4.78, 5) is 8.12. The molecule has 2 aromatic heterocycles. The van der Waals surface area contributed by atoms with Crippen LogP contribution >= 0.6 is 0 Å². The molecule has 0 aromatic carbocycles. The van der Waals surface area contributed by atoms with E-state index in [-0.39, 0.29) is 0 Å². The van der Waals surface area contributed by atoms with Gasteiger partial charge in [0.1, 0.15) is 17.6 Å². The smallest absolute Gasteiger partial charge is 0.213 e. The number of oxazole rings is 1. The maximum atomic E-state index is 8.60. The van der Waals surface area contributed by atoms with E-state index in [0.29, 0.717) is 23.8 Å². The fraction of sp³-hybridized carbons (Fsp3) is 0.182. The van der Waals surface area contributed by atoms with Crippen LogP contribution in [0.3, 0.4) is 0 Å². The standard InChI is InChI=1S/C11H10N4O/c1-8-5-15-11(16-8)7-14-10-3-2-9(4-12)6-13-10/h2-3,5-6H,7H2,1H3,(H,13,14). The summed E-state index contributed by atoms with van der Waals surface area (Å²) in [7, 11) is 0. The minimum absolute atomic E-state index is 0.479. The number of aromatic nitrogens is 2. The van der Waals surface area contributed by atoms with E-state index in [0.717, 1.165) is 5.76 Å². The van der Waals surface area contributed by atoms with Crippen LogP contribution < -0.4 is 5.32 Å². The van der Waals surface area contributed by atoms with Crippen molar-refractivity contribution >= 4 is 5.82 Å². The Morgan fingerprint density at radius 2 is 2.25 bits per heavy atom. The van der Waals surface area contributed by atoms with Crippen molar-refractivity contribution in [3.63, 3.8) is 0 Å². The predicted octanol–water partition coefficient (Wildman–Crippen LogP) is 1.86. The summed E-state index contributed by atoms with van der Waals surface area (Å²) in [5.41, 5.74) is 0.539. The first-order valence-electron chi connectivity index (χ1n) is 4.79. The highest BCUT2D eigenvalue weighted by Crippen LogP contribution is 2.07. The van der Waals surface area contributed by atoms with Crippen molar-refractivity contribution in [2.24, 2.45) is 0 Å². The zero-order chi connectivity index (χ0) is 11.4. The molecule has 0 atom stereocenters. The Hall–Kier alpha value is -2.35. The number of pyridine rings is 1. The van der Waals surface area contributed by atoms with Crippen LogP contribution in [0.2, 0.25) is 0 Å². The molecule has 16 heavy (non-hydrogen) atoms. The lowest BCUT2D eigenvalue weighted by Crippen LogP contribution is -2.01. The van der Waals surface area contributed by atoms with Gasteiger partial charge in [-0.15, -0.1) is 0 Å². The largest absolute Gasteiger partial charge is 0.444 e. The normalized spacial score (nSPS) is 9.75. The Morgan fingerprint density at radius 3 is 2.81 bits per heavy atom. The minimum Gasteiger partial charge on any atom is -0.444 e. The van der Waals surface area contributed by atoms with E-state index in [1.165, 1.54) is 6.20 Å². The number of anilines is 1. The molecule has 0 aliphatic heterocycles.